The third-order valence-electron chi connectivity index (χ3n) is 2.15. The van der Waals surface area contributed by atoms with Crippen LogP contribution in [0.15, 0.2) is 30.3 Å². The monoisotopic (exact) mass is 200 g/mol. The van der Waals surface area contributed by atoms with Crippen LogP contribution < -0.4 is 5.32 Å². The SMILES string of the molecule is CC(=O)Nc1ccc2ccc(C)nc2c1. The number of nitrogens with zero attached hydrogens (tertiary/aromatic N) is 1. The molecule has 0 unspecified atom stereocenters. The molecule has 15 heavy (non-hydrogen) atoms. The Balaban J connectivity index is 2.49. The number of carbonyl (C=O) groups is 1. The maximum absolute atomic E-state index is 10.9. The van der Waals surface area contributed by atoms with Gasteiger partial charge in [0.1, 0.15) is 0 Å². The molecule has 0 spiro atoms. The van der Waals surface area contributed by atoms with Crippen molar-refractivity contribution >= 4 is 22.5 Å². The molecular formula is C12H12N2O. The molecule has 0 saturated carbocycles. The summed E-state index contributed by atoms with van der Waals surface area (Å²) in [5, 5.41) is 3.82. The summed E-state index contributed by atoms with van der Waals surface area (Å²) in [6.07, 6.45) is 0. The molecule has 0 bridgehead atoms. The molecule has 0 saturated heterocycles. The number of rotatable bonds is 1. The van der Waals surface area contributed by atoms with Crippen molar-refractivity contribution in [2.24, 2.45) is 0 Å². The van der Waals surface area contributed by atoms with Crippen LogP contribution in [0.5, 0.6) is 0 Å². The highest BCUT2D eigenvalue weighted by Crippen LogP contribution is 2.17. The lowest BCUT2D eigenvalue weighted by atomic mass is 10.2. The molecule has 1 aromatic heterocycles. The number of hydrogen-bond donors (Lipinski definition) is 1. The number of pyridine rings is 1. The minimum atomic E-state index is -0.0676. The predicted molar refractivity (Wildman–Crippen MR) is 60.8 cm³/mol. The fourth-order valence-corrected chi connectivity index (χ4v) is 1.50. The van der Waals surface area contributed by atoms with Gasteiger partial charge in [0.2, 0.25) is 5.91 Å². The second kappa shape index (κ2) is 3.69. The number of anilines is 1. The van der Waals surface area contributed by atoms with Crippen LogP contribution in [0.2, 0.25) is 0 Å². The number of aryl methyl sites for hydroxylation is 1. The van der Waals surface area contributed by atoms with Crippen molar-refractivity contribution in [3.05, 3.63) is 36.0 Å². The van der Waals surface area contributed by atoms with E-state index in [1.807, 2.05) is 37.3 Å². The zero-order valence-electron chi connectivity index (χ0n) is 8.74. The minimum absolute atomic E-state index is 0.0676. The fraction of sp³-hybridized carbons (Fsp3) is 0.167. The fourth-order valence-electron chi connectivity index (χ4n) is 1.50. The zero-order valence-corrected chi connectivity index (χ0v) is 8.74. The van der Waals surface area contributed by atoms with Crippen LogP contribution in [0.1, 0.15) is 12.6 Å². The van der Waals surface area contributed by atoms with Crippen LogP contribution in [0.4, 0.5) is 5.69 Å². The molecule has 0 radical (unpaired) electrons. The van der Waals surface area contributed by atoms with Gasteiger partial charge in [0.25, 0.3) is 0 Å². The first-order valence-electron chi connectivity index (χ1n) is 4.80. The molecule has 0 atom stereocenters. The molecule has 0 aliphatic rings. The first kappa shape index (κ1) is 9.65. The summed E-state index contributed by atoms with van der Waals surface area (Å²) in [7, 11) is 0. The maximum Gasteiger partial charge on any atom is 0.221 e. The summed E-state index contributed by atoms with van der Waals surface area (Å²) in [4.78, 5) is 15.3. The van der Waals surface area contributed by atoms with E-state index in [4.69, 9.17) is 0 Å². The molecule has 2 rings (SSSR count). The van der Waals surface area contributed by atoms with Gasteiger partial charge in [-0.1, -0.05) is 12.1 Å². The summed E-state index contributed by atoms with van der Waals surface area (Å²) in [5.41, 5.74) is 2.66. The Morgan fingerprint density at radius 3 is 2.73 bits per heavy atom. The Hall–Kier alpha value is -1.90. The zero-order chi connectivity index (χ0) is 10.8. The minimum Gasteiger partial charge on any atom is -0.326 e. The summed E-state index contributed by atoms with van der Waals surface area (Å²) in [5.74, 6) is -0.0676. The number of fused-ring (bicyclic) bond motifs is 1. The highest BCUT2D eigenvalue weighted by atomic mass is 16.1. The second-order valence-electron chi connectivity index (χ2n) is 3.54. The van der Waals surface area contributed by atoms with Crippen molar-refractivity contribution < 1.29 is 4.79 Å². The topological polar surface area (TPSA) is 42.0 Å². The van der Waals surface area contributed by atoms with E-state index in [1.165, 1.54) is 6.92 Å². The van der Waals surface area contributed by atoms with Crippen LogP contribution in [0.25, 0.3) is 10.9 Å². The van der Waals surface area contributed by atoms with Crippen molar-refractivity contribution in [1.29, 1.82) is 0 Å². The van der Waals surface area contributed by atoms with Crippen molar-refractivity contribution in [1.82, 2.24) is 4.98 Å². The first-order valence-corrected chi connectivity index (χ1v) is 4.80. The van der Waals surface area contributed by atoms with Gasteiger partial charge in [0, 0.05) is 23.7 Å². The van der Waals surface area contributed by atoms with Crippen LogP contribution in [0.3, 0.4) is 0 Å². The van der Waals surface area contributed by atoms with E-state index in [0.717, 1.165) is 22.3 Å². The molecule has 2 aromatic rings. The van der Waals surface area contributed by atoms with E-state index in [2.05, 4.69) is 10.3 Å². The summed E-state index contributed by atoms with van der Waals surface area (Å²) in [6, 6.07) is 9.70. The van der Waals surface area contributed by atoms with E-state index in [1.54, 1.807) is 0 Å². The van der Waals surface area contributed by atoms with Gasteiger partial charge in [-0.25, -0.2) is 0 Å². The molecule has 76 valence electrons. The van der Waals surface area contributed by atoms with Crippen molar-refractivity contribution in [3.63, 3.8) is 0 Å². The molecule has 1 heterocycles. The predicted octanol–water partition coefficient (Wildman–Crippen LogP) is 2.50. The number of aromatic nitrogens is 1. The van der Waals surface area contributed by atoms with Gasteiger partial charge in [-0.2, -0.15) is 0 Å². The van der Waals surface area contributed by atoms with Crippen molar-refractivity contribution in [3.8, 4) is 0 Å². The second-order valence-corrected chi connectivity index (χ2v) is 3.54. The number of hydrogen-bond acceptors (Lipinski definition) is 2. The summed E-state index contributed by atoms with van der Waals surface area (Å²) < 4.78 is 0. The third-order valence-corrected chi connectivity index (χ3v) is 2.15. The Morgan fingerprint density at radius 1 is 1.27 bits per heavy atom. The lowest BCUT2D eigenvalue weighted by Crippen LogP contribution is -2.05. The van der Waals surface area contributed by atoms with Gasteiger partial charge in [-0.15, -0.1) is 0 Å². The van der Waals surface area contributed by atoms with Gasteiger partial charge in [0.15, 0.2) is 0 Å². The van der Waals surface area contributed by atoms with E-state index in [9.17, 15) is 4.79 Å². The Kier molecular flexibility index (Phi) is 2.37. The van der Waals surface area contributed by atoms with Crippen molar-refractivity contribution in [2.45, 2.75) is 13.8 Å². The maximum atomic E-state index is 10.9. The average molecular weight is 200 g/mol. The Labute approximate surface area is 88.1 Å². The number of nitrogens with one attached hydrogen (secondary N) is 1. The van der Waals surface area contributed by atoms with E-state index < -0.39 is 0 Å². The summed E-state index contributed by atoms with van der Waals surface area (Å²) in [6.45, 7) is 3.44. The molecule has 1 aromatic carbocycles. The van der Waals surface area contributed by atoms with E-state index in [-0.39, 0.29) is 5.91 Å². The highest BCUT2D eigenvalue weighted by molar-refractivity contribution is 5.92. The van der Waals surface area contributed by atoms with Gasteiger partial charge >= 0.3 is 0 Å². The van der Waals surface area contributed by atoms with Crippen LogP contribution >= 0.6 is 0 Å². The summed E-state index contributed by atoms with van der Waals surface area (Å²) >= 11 is 0. The van der Waals surface area contributed by atoms with Crippen LogP contribution in [-0.2, 0) is 4.79 Å². The molecule has 0 aliphatic heterocycles. The van der Waals surface area contributed by atoms with E-state index in [0.29, 0.717) is 0 Å². The molecule has 1 N–H and O–H groups in total. The van der Waals surface area contributed by atoms with Gasteiger partial charge < -0.3 is 5.32 Å². The smallest absolute Gasteiger partial charge is 0.221 e. The quantitative estimate of drug-likeness (QED) is 0.768. The molecular weight excluding hydrogens is 188 g/mol. The molecule has 1 amide bonds. The normalized spacial score (nSPS) is 10.3. The van der Waals surface area contributed by atoms with Crippen LogP contribution in [0, 0.1) is 6.92 Å². The third kappa shape index (κ3) is 2.13. The van der Waals surface area contributed by atoms with Gasteiger partial charge in [0.05, 0.1) is 5.52 Å². The average Bonchev–Trinajstić information content (AvgIpc) is 2.16. The largest absolute Gasteiger partial charge is 0.326 e. The Bertz CT molecular complexity index is 520. The lowest BCUT2D eigenvalue weighted by molar-refractivity contribution is -0.114. The van der Waals surface area contributed by atoms with Gasteiger partial charge in [-0.05, 0) is 25.1 Å². The molecule has 0 aliphatic carbocycles. The number of amides is 1. The number of benzene rings is 1. The highest BCUT2D eigenvalue weighted by Gasteiger charge is 1.99. The van der Waals surface area contributed by atoms with Crippen LogP contribution in [-0.4, -0.2) is 10.9 Å². The van der Waals surface area contributed by atoms with Crippen molar-refractivity contribution in [2.75, 3.05) is 5.32 Å². The molecule has 0 fully saturated rings. The Morgan fingerprint density at radius 2 is 2.00 bits per heavy atom. The van der Waals surface area contributed by atoms with Gasteiger partial charge in [-0.3, -0.25) is 9.78 Å². The molecule has 3 nitrogen and oxygen atoms in total. The molecule has 3 heteroatoms. The standard InChI is InChI=1S/C12H12N2O/c1-8-3-4-10-5-6-11(14-9(2)15)7-12(10)13-8/h3-7H,1-2H3,(H,14,15). The lowest BCUT2D eigenvalue weighted by Gasteiger charge is -2.04. The number of carbonyl (C=O) groups excluding carboxylic acids is 1. The first-order chi connectivity index (χ1) is 7.15. The van der Waals surface area contributed by atoms with E-state index >= 15 is 0 Å².